The summed E-state index contributed by atoms with van der Waals surface area (Å²) < 4.78 is 5.75. The number of carbonyl (C=O) groups is 2. The van der Waals surface area contributed by atoms with Gasteiger partial charge in [0, 0.05) is 6.04 Å². The minimum absolute atomic E-state index is 0.00639. The highest BCUT2D eigenvalue weighted by molar-refractivity contribution is 8.26. The normalized spacial score (nSPS) is 20.3. The predicted molar refractivity (Wildman–Crippen MR) is 101 cm³/mol. The minimum atomic E-state index is -1.02. The number of carboxylic acids is 1. The van der Waals surface area contributed by atoms with Gasteiger partial charge in [0.1, 0.15) is 10.1 Å². The number of thioether (sulfide) groups is 1. The number of amides is 1. The first-order valence-electron chi connectivity index (χ1n) is 8.26. The van der Waals surface area contributed by atoms with E-state index in [1.54, 1.807) is 29.2 Å². The zero-order chi connectivity index (χ0) is 17.8. The summed E-state index contributed by atoms with van der Waals surface area (Å²) in [5, 5.41) is 8.61. The van der Waals surface area contributed by atoms with Crippen molar-refractivity contribution in [2.75, 3.05) is 6.61 Å². The number of carbonyl (C=O) groups excluding carboxylic acids is 1. The Morgan fingerprint density at radius 1 is 1.28 bits per heavy atom. The summed E-state index contributed by atoms with van der Waals surface area (Å²) in [6.45, 7) is -0.376. The molecule has 1 aliphatic heterocycles. The van der Waals surface area contributed by atoms with Gasteiger partial charge >= 0.3 is 5.97 Å². The predicted octanol–water partition coefficient (Wildman–Crippen LogP) is 3.68. The fourth-order valence-electron chi connectivity index (χ4n) is 3.09. The Balaban J connectivity index is 1.69. The Hall–Kier alpha value is -1.86. The first-order valence-corrected chi connectivity index (χ1v) is 9.49. The van der Waals surface area contributed by atoms with E-state index in [0.717, 1.165) is 31.2 Å². The maximum Gasteiger partial charge on any atom is 0.341 e. The average Bonchev–Trinajstić information content (AvgIpc) is 2.88. The summed E-state index contributed by atoms with van der Waals surface area (Å²) >= 11 is 6.77. The molecular formula is C18H19NO4S2. The molecule has 0 atom stereocenters. The highest BCUT2D eigenvalue weighted by atomic mass is 32.2. The Morgan fingerprint density at radius 3 is 2.60 bits per heavy atom. The molecule has 0 bridgehead atoms. The van der Waals surface area contributed by atoms with Gasteiger partial charge < -0.3 is 9.84 Å². The molecule has 1 saturated carbocycles. The molecule has 0 unspecified atom stereocenters. The van der Waals surface area contributed by atoms with Crippen LogP contribution in [0.5, 0.6) is 5.75 Å². The van der Waals surface area contributed by atoms with Crippen LogP contribution < -0.4 is 4.74 Å². The number of benzene rings is 1. The molecule has 1 aromatic carbocycles. The Kier molecular flexibility index (Phi) is 5.75. The van der Waals surface area contributed by atoms with E-state index in [9.17, 15) is 9.59 Å². The van der Waals surface area contributed by atoms with Crippen LogP contribution >= 0.6 is 24.0 Å². The summed E-state index contributed by atoms with van der Waals surface area (Å²) in [6, 6.07) is 7.21. The van der Waals surface area contributed by atoms with Crippen molar-refractivity contribution in [3.8, 4) is 5.75 Å². The molecule has 1 heterocycles. The number of hydrogen-bond acceptors (Lipinski definition) is 5. The van der Waals surface area contributed by atoms with Crippen molar-refractivity contribution < 1.29 is 19.4 Å². The molecule has 25 heavy (non-hydrogen) atoms. The van der Waals surface area contributed by atoms with Crippen LogP contribution in [0.4, 0.5) is 0 Å². The van der Waals surface area contributed by atoms with Gasteiger partial charge in [-0.3, -0.25) is 9.69 Å². The first-order chi connectivity index (χ1) is 12.0. The summed E-state index contributed by atoms with van der Waals surface area (Å²) in [4.78, 5) is 25.7. The summed E-state index contributed by atoms with van der Waals surface area (Å²) in [5.74, 6) is -0.544. The van der Waals surface area contributed by atoms with Crippen LogP contribution in [0.2, 0.25) is 0 Å². The van der Waals surface area contributed by atoms with Crippen LogP contribution in [0, 0.1) is 0 Å². The first kappa shape index (κ1) is 17.9. The molecule has 1 N–H and O–H groups in total. The minimum Gasteiger partial charge on any atom is -0.482 e. The average molecular weight is 377 g/mol. The van der Waals surface area contributed by atoms with Gasteiger partial charge in [-0.05, 0) is 36.6 Å². The van der Waals surface area contributed by atoms with Crippen molar-refractivity contribution in [1.82, 2.24) is 4.90 Å². The van der Waals surface area contributed by atoms with Gasteiger partial charge in [0.2, 0.25) is 0 Å². The topological polar surface area (TPSA) is 66.8 Å². The molecule has 132 valence electrons. The number of thiocarbonyl (C=S) groups is 1. The lowest BCUT2D eigenvalue weighted by atomic mass is 9.94. The van der Waals surface area contributed by atoms with E-state index in [1.165, 1.54) is 18.2 Å². The van der Waals surface area contributed by atoms with E-state index in [1.807, 2.05) is 6.08 Å². The fourth-order valence-corrected chi connectivity index (χ4v) is 4.49. The van der Waals surface area contributed by atoms with Crippen molar-refractivity contribution in [2.45, 2.75) is 38.1 Å². The lowest BCUT2D eigenvalue weighted by molar-refractivity contribution is -0.139. The maximum absolute atomic E-state index is 12.7. The second-order valence-electron chi connectivity index (χ2n) is 6.09. The maximum atomic E-state index is 12.7. The van der Waals surface area contributed by atoms with E-state index in [4.69, 9.17) is 22.1 Å². The fraction of sp³-hybridized carbons (Fsp3) is 0.389. The van der Waals surface area contributed by atoms with E-state index in [2.05, 4.69) is 0 Å². The van der Waals surface area contributed by atoms with Gasteiger partial charge in [-0.2, -0.15) is 0 Å². The summed E-state index contributed by atoms with van der Waals surface area (Å²) in [6.07, 6.45) is 7.41. The van der Waals surface area contributed by atoms with Crippen molar-refractivity contribution in [2.24, 2.45) is 0 Å². The van der Waals surface area contributed by atoms with Crippen LogP contribution in [-0.2, 0) is 9.59 Å². The smallest absolute Gasteiger partial charge is 0.341 e. The van der Waals surface area contributed by atoms with E-state index in [-0.39, 0.29) is 18.6 Å². The van der Waals surface area contributed by atoms with Gasteiger partial charge in [-0.15, -0.1) is 0 Å². The number of hydrogen-bond donors (Lipinski definition) is 1. The van der Waals surface area contributed by atoms with Crippen molar-refractivity contribution >= 4 is 46.3 Å². The summed E-state index contributed by atoms with van der Waals surface area (Å²) in [5.41, 5.74) is 0.854. The third-order valence-corrected chi connectivity index (χ3v) is 5.63. The molecule has 0 spiro atoms. The molecule has 7 heteroatoms. The molecule has 2 fully saturated rings. The number of aliphatic carboxylic acids is 1. The van der Waals surface area contributed by atoms with Crippen molar-refractivity contribution in [3.63, 3.8) is 0 Å². The van der Waals surface area contributed by atoms with E-state index in [0.29, 0.717) is 15.0 Å². The highest BCUT2D eigenvalue weighted by Gasteiger charge is 2.37. The quantitative estimate of drug-likeness (QED) is 0.624. The van der Waals surface area contributed by atoms with Crippen LogP contribution in [0.15, 0.2) is 29.2 Å². The lowest BCUT2D eigenvalue weighted by Crippen LogP contribution is -2.39. The molecule has 1 saturated heterocycles. The zero-order valence-corrected chi connectivity index (χ0v) is 15.3. The second kappa shape index (κ2) is 8.01. The molecule has 1 aliphatic carbocycles. The van der Waals surface area contributed by atoms with Crippen LogP contribution in [-0.4, -0.2) is 38.9 Å². The third-order valence-electron chi connectivity index (χ3n) is 4.30. The lowest BCUT2D eigenvalue weighted by Gasteiger charge is -2.29. The molecular weight excluding hydrogens is 358 g/mol. The Morgan fingerprint density at radius 2 is 1.96 bits per heavy atom. The molecule has 5 nitrogen and oxygen atoms in total. The molecule has 0 radical (unpaired) electrons. The number of nitrogens with zero attached hydrogens (tertiary/aromatic N) is 1. The van der Waals surface area contributed by atoms with Crippen molar-refractivity contribution in [1.29, 1.82) is 0 Å². The number of rotatable bonds is 5. The SMILES string of the molecule is O=C(O)COc1ccc(/C=C2\SC(=S)N(C3CCCCC3)C2=O)cc1. The number of ether oxygens (including phenoxy) is 1. The largest absolute Gasteiger partial charge is 0.482 e. The molecule has 3 rings (SSSR count). The van der Waals surface area contributed by atoms with Gasteiger partial charge in [0.05, 0.1) is 4.91 Å². The standard InChI is InChI=1S/C18H19NO4S2/c20-16(21)11-23-14-8-6-12(7-9-14)10-15-17(22)19(18(24)25-15)13-4-2-1-3-5-13/h6-10,13H,1-5,11H2,(H,20,21)/b15-10-. The van der Waals surface area contributed by atoms with Gasteiger partial charge in [0.15, 0.2) is 6.61 Å². The second-order valence-corrected chi connectivity index (χ2v) is 7.77. The summed E-state index contributed by atoms with van der Waals surface area (Å²) in [7, 11) is 0. The van der Waals surface area contributed by atoms with E-state index < -0.39 is 5.97 Å². The monoisotopic (exact) mass is 377 g/mol. The van der Waals surface area contributed by atoms with Crippen LogP contribution in [0.25, 0.3) is 6.08 Å². The molecule has 1 aromatic rings. The number of carboxylic acid groups (broad SMARTS) is 1. The van der Waals surface area contributed by atoms with Crippen LogP contribution in [0.3, 0.4) is 0 Å². The highest BCUT2D eigenvalue weighted by Crippen LogP contribution is 2.37. The molecule has 2 aliphatic rings. The Labute approximate surface area is 156 Å². The molecule has 1 amide bonds. The zero-order valence-electron chi connectivity index (χ0n) is 13.6. The van der Waals surface area contributed by atoms with Gasteiger partial charge in [0.25, 0.3) is 5.91 Å². The van der Waals surface area contributed by atoms with Crippen LogP contribution in [0.1, 0.15) is 37.7 Å². The molecule has 0 aromatic heterocycles. The van der Waals surface area contributed by atoms with Crippen molar-refractivity contribution in [3.05, 3.63) is 34.7 Å². The third kappa shape index (κ3) is 4.41. The van der Waals surface area contributed by atoms with Gasteiger partial charge in [-0.25, -0.2) is 4.79 Å². The van der Waals surface area contributed by atoms with E-state index >= 15 is 0 Å². The van der Waals surface area contributed by atoms with Gasteiger partial charge in [-0.1, -0.05) is 55.4 Å². The Bertz CT molecular complexity index is 708.